The number of hydrogen-bond acceptors (Lipinski definition) is 4. The Hall–Kier alpha value is -1.84. The summed E-state index contributed by atoms with van der Waals surface area (Å²) in [5.41, 5.74) is 2.43. The van der Waals surface area contributed by atoms with Crippen LogP contribution in [0.2, 0.25) is 0 Å². The molecule has 0 aromatic rings. The van der Waals surface area contributed by atoms with Crippen molar-refractivity contribution in [1.82, 2.24) is 0 Å². The summed E-state index contributed by atoms with van der Waals surface area (Å²) in [7, 11) is 0. The number of hydrogen-bond donors (Lipinski definition) is 0. The Kier molecular flexibility index (Phi) is 7.43. The molecule has 18 heavy (non-hydrogen) atoms. The molecule has 100 valence electrons. The lowest BCUT2D eigenvalue weighted by atomic mass is 10.1. The van der Waals surface area contributed by atoms with Crippen LogP contribution in [-0.2, 0) is 19.1 Å². The first-order valence-electron chi connectivity index (χ1n) is 5.67. The highest BCUT2D eigenvalue weighted by atomic mass is 16.6. The lowest BCUT2D eigenvalue weighted by Crippen LogP contribution is -2.14. The van der Waals surface area contributed by atoms with Gasteiger partial charge in [-0.15, -0.1) is 0 Å². The molecule has 0 aliphatic carbocycles. The summed E-state index contributed by atoms with van der Waals surface area (Å²) in [4.78, 5) is 22.5. The van der Waals surface area contributed by atoms with Crippen LogP contribution < -0.4 is 0 Å². The Morgan fingerprint density at radius 3 is 2.06 bits per heavy atom. The fourth-order valence-electron chi connectivity index (χ4n) is 1.11. The summed E-state index contributed by atoms with van der Waals surface area (Å²) < 4.78 is 9.71. The molecule has 0 saturated carbocycles. The van der Waals surface area contributed by atoms with E-state index in [1.54, 1.807) is 6.08 Å². The zero-order valence-corrected chi connectivity index (χ0v) is 11.4. The second-order valence-electron chi connectivity index (χ2n) is 4.14. The van der Waals surface area contributed by atoms with Gasteiger partial charge in [-0.25, -0.2) is 9.59 Å². The predicted octanol–water partition coefficient (Wildman–Crippen LogP) is 2.56. The number of allylic oxidation sites excluding steroid dienone is 2. The maximum Gasteiger partial charge on any atom is 0.338 e. The van der Waals surface area contributed by atoms with Gasteiger partial charge in [0.1, 0.15) is 13.2 Å². The van der Waals surface area contributed by atoms with E-state index in [9.17, 15) is 9.59 Å². The zero-order chi connectivity index (χ0) is 14.1. The largest absolute Gasteiger partial charge is 0.459 e. The van der Waals surface area contributed by atoms with Gasteiger partial charge >= 0.3 is 11.9 Å². The van der Waals surface area contributed by atoms with Crippen LogP contribution in [0.4, 0.5) is 0 Å². The van der Waals surface area contributed by atoms with Crippen LogP contribution in [0.1, 0.15) is 27.7 Å². The van der Waals surface area contributed by atoms with Crippen molar-refractivity contribution < 1.29 is 19.1 Å². The molecule has 0 aliphatic rings. The van der Waals surface area contributed by atoms with Crippen molar-refractivity contribution in [1.29, 1.82) is 0 Å². The highest BCUT2D eigenvalue weighted by molar-refractivity contribution is 5.92. The van der Waals surface area contributed by atoms with Crippen molar-refractivity contribution in [2.45, 2.75) is 27.7 Å². The molecule has 0 aliphatic heterocycles. The monoisotopic (exact) mass is 252 g/mol. The minimum atomic E-state index is -0.530. The molecule has 0 fully saturated rings. The van der Waals surface area contributed by atoms with Crippen LogP contribution in [0, 0.1) is 0 Å². The van der Waals surface area contributed by atoms with Gasteiger partial charge in [0.15, 0.2) is 0 Å². The third-order valence-corrected chi connectivity index (χ3v) is 1.92. The summed E-state index contributed by atoms with van der Waals surface area (Å²) >= 11 is 0. The van der Waals surface area contributed by atoms with Crippen molar-refractivity contribution in [3.8, 4) is 0 Å². The molecule has 0 amide bonds. The SMILES string of the molecule is C=CC(=O)OCCOC(=O)C(C=C(C)C)=C(C)C. The highest BCUT2D eigenvalue weighted by Gasteiger charge is 2.10. The molecule has 0 saturated heterocycles. The summed E-state index contributed by atoms with van der Waals surface area (Å²) in [6, 6.07) is 0. The molecule has 0 N–H and O–H groups in total. The van der Waals surface area contributed by atoms with Gasteiger partial charge in [0.25, 0.3) is 0 Å². The quantitative estimate of drug-likeness (QED) is 0.315. The van der Waals surface area contributed by atoms with E-state index in [2.05, 4.69) is 6.58 Å². The molecular weight excluding hydrogens is 232 g/mol. The van der Waals surface area contributed by atoms with Crippen LogP contribution in [0.25, 0.3) is 0 Å². The smallest absolute Gasteiger partial charge is 0.338 e. The van der Waals surface area contributed by atoms with E-state index >= 15 is 0 Å². The topological polar surface area (TPSA) is 52.6 Å². The molecule has 4 nitrogen and oxygen atoms in total. The maximum absolute atomic E-state index is 11.7. The van der Waals surface area contributed by atoms with E-state index in [1.807, 2.05) is 27.7 Å². The van der Waals surface area contributed by atoms with E-state index in [0.29, 0.717) is 5.57 Å². The second-order valence-corrected chi connectivity index (χ2v) is 4.14. The van der Waals surface area contributed by atoms with Crippen LogP contribution in [0.15, 0.2) is 35.5 Å². The van der Waals surface area contributed by atoms with Gasteiger partial charge in [-0.05, 0) is 33.8 Å². The van der Waals surface area contributed by atoms with Crippen molar-refractivity contribution >= 4 is 11.9 Å². The molecule has 0 heterocycles. The van der Waals surface area contributed by atoms with Crippen LogP contribution >= 0.6 is 0 Å². The summed E-state index contributed by atoms with van der Waals surface area (Å²) in [5, 5.41) is 0. The molecule has 0 unspecified atom stereocenters. The molecule has 0 aromatic carbocycles. The van der Waals surface area contributed by atoms with Gasteiger partial charge in [0.05, 0.1) is 5.57 Å². The lowest BCUT2D eigenvalue weighted by molar-refractivity contribution is -0.146. The minimum Gasteiger partial charge on any atom is -0.459 e. The number of carbonyl (C=O) groups is 2. The fraction of sp³-hybridized carbons (Fsp3) is 0.429. The van der Waals surface area contributed by atoms with Gasteiger partial charge < -0.3 is 9.47 Å². The van der Waals surface area contributed by atoms with Gasteiger partial charge in [0.2, 0.25) is 0 Å². The van der Waals surface area contributed by atoms with Gasteiger partial charge in [0, 0.05) is 6.08 Å². The minimum absolute atomic E-state index is 0.0292. The van der Waals surface area contributed by atoms with E-state index < -0.39 is 11.9 Å². The summed E-state index contributed by atoms with van der Waals surface area (Å²) in [5.74, 6) is -0.941. The van der Waals surface area contributed by atoms with Gasteiger partial charge in [-0.3, -0.25) is 0 Å². The molecule has 0 radical (unpaired) electrons. The van der Waals surface area contributed by atoms with Crippen molar-refractivity contribution in [2.24, 2.45) is 0 Å². The predicted molar refractivity (Wildman–Crippen MR) is 69.9 cm³/mol. The number of rotatable bonds is 6. The Bertz CT molecular complexity index is 381. The molecule has 0 bridgehead atoms. The van der Waals surface area contributed by atoms with Crippen LogP contribution in [0.5, 0.6) is 0 Å². The van der Waals surface area contributed by atoms with E-state index in [-0.39, 0.29) is 13.2 Å². The normalized spacial score (nSPS) is 9.11. The standard InChI is InChI=1S/C14H20O4/c1-6-13(15)17-7-8-18-14(16)12(11(4)5)9-10(2)3/h6,9H,1,7-8H2,2-5H3. The highest BCUT2D eigenvalue weighted by Crippen LogP contribution is 2.10. The molecule has 0 rings (SSSR count). The third kappa shape index (κ3) is 6.68. The zero-order valence-electron chi connectivity index (χ0n) is 11.4. The Labute approximate surface area is 108 Å². The number of carbonyl (C=O) groups excluding carboxylic acids is 2. The third-order valence-electron chi connectivity index (χ3n) is 1.92. The van der Waals surface area contributed by atoms with E-state index in [4.69, 9.17) is 9.47 Å². The number of esters is 2. The van der Waals surface area contributed by atoms with E-state index in [0.717, 1.165) is 17.2 Å². The second kappa shape index (κ2) is 8.28. The summed E-state index contributed by atoms with van der Waals surface area (Å²) in [6.07, 6.45) is 2.83. The first-order chi connectivity index (χ1) is 8.38. The van der Waals surface area contributed by atoms with Gasteiger partial charge in [-0.1, -0.05) is 17.7 Å². The van der Waals surface area contributed by atoms with Crippen molar-refractivity contribution in [3.63, 3.8) is 0 Å². The maximum atomic E-state index is 11.7. The first-order valence-corrected chi connectivity index (χ1v) is 5.67. The number of ether oxygens (including phenoxy) is 2. The average molecular weight is 252 g/mol. The molecule has 4 heteroatoms. The molecular formula is C14H20O4. The Morgan fingerprint density at radius 2 is 1.61 bits per heavy atom. The molecule has 0 aromatic heterocycles. The van der Waals surface area contributed by atoms with Crippen LogP contribution in [0.3, 0.4) is 0 Å². The molecule has 0 spiro atoms. The Morgan fingerprint density at radius 1 is 1.06 bits per heavy atom. The first kappa shape index (κ1) is 16.2. The van der Waals surface area contributed by atoms with Gasteiger partial charge in [-0.2, -0.15) is 0 Å². The van der Waals surface area contributed by atoms with E-state index in [1.165, 1.54) is 0 Å². The lowest BCUT2D eigenvalue weighted by Gasteiger charge is -2.07. The van der Waals surface area contributed by atoms with Crippen molar-refractivity contribution in [2.75, 3.05) is 13.2 Å². The summed E-state index contributed by atoms with van der Waals surface area (Å²) in [6.45, 7) is 10.8. The Balaban J connectivity index is 4.31. The molecule has 0 atom stereocenters. The van der Waals surface area contributed by atoms with Crippen molar-refractivity contribution in [3.05, 3.63) is 35.5 Å². The average Bonchev–Trinajstić information content (AvgIpc) is 2.30. The van der Waals surface area contributed by atoms with Crippen LogP contribution in [-0.4, -0.2) is 25.2 Å². The fourth-order valence-corrected chi connectivity index (χ4v) is 1.11.